The molecule has 2 unspecified atom stereocenters. The smallest absolute Gasteiger partial charge is 0.257 e. The molecule has 4 aliphatic rings. The zero-order chi connectivity index (χ0) is 45.1. The maximum Gasteiger partial charge on any atom is 0.257 e. The summed E-state index contributed by atoms with van der Waals surface area (Å²) < 4.78 is 36.5. The van der Waals surface area contributed by atoms with Gasteiger partial charge in [0.15, 0.2) is 23.0 Å². The van der Waals surface area contributed by atoms with Gasteiger partial charge in [-0.05, 0) is 37.1 Å². The summed E-state index contributed by atoms with van der Waals surface area (Å²) in [6, 6.07) is 6.97. The molecule has 16 heteroatoms. The van der Waals surface area contributed by atoms with Gasteiger partial charge in [-0.25, -0.2) is 0 Å². The van der Waals surface area contributed by atoms with Crippen LogP contribution in [0.5, 0.6) is 23.0 Å². The Bertz CT molecular complexity index is 2000. The van der Waals surface area contributed by atoms with Gasteiger partial charge in [0.25, 0.3) is 23.6 Å². The Morgan fingerprint density at radius 3 is 1.44 bits per heavy atom. The molecule has 0 N–H and O–H groups in total. The number of terminal acetylenes is 1. The van der Waals surface area contributed by atoms with Crippen LogP contribution in [-0.2, 0) is 19.1 Å². The molecule has 0 bridgehead atoms. The number of carbonyl (C=O) groups is 4. The van der Waals surface area contributed by atoms with Crippen molar-refractivity contribution in [1.29, 1.82) is 0 Å². The summed E-state index contributed by atoms with van der Waals surface area (Å²) >= 11 is 0. The summed E-state index contributed by atoms with van der Waals surface area (Å²) in [6.07, 6.45) is 6.87. The zero-order valence-corrected chi connectivity index (χ0v) is 39.6. The maximum absolute atomic E-state index is 14.1. The van der Waals surface area contributed by atoms with E-state index in [1.165, 1.54) is 24.0 Å². The molecule has 4 heterocycles. The van der Waals surface area contributed by atoms with E-state index < -0.39 is 28.2 Å². The van der Waals surface area contributed by atoms with Gasteiger partial charge in [0.05, 0.1) is 49.9 Å². The van der Waals surface area contributed by atoms with Gasteiger partial charge >= 0.3 is 0 Å². The molecule has 0 saturated carbocycles. The van der Waals surface area contributed by atoms with Crippen LogP contribution in [0.2, 0.25) is 51.4 Å². The molecular weight excluding hydrogens is 825 g/mol. The van der Waals surface area contributed by atoms with Crippen LogP contribution in [0.15, 0.2) is 48.6 Å². The highest BCUT2D eigenvalue weighted by Crippen LogP contribution is 2.43. The fourth-order valence-electron chi connectivity index (χ4n) is 7.89. The van der Waals surface area contributed by atoms with E-state index in [0.29, 0.717) is 71.6 Å². The number of carbonyl (C=O) groups excluding carboxylic acids is 4. The van der Waals surface area contributed by atoms with E-state index in [4.69, 9.17) is 34.8 Å². The molecule has 6 rings (SSSR count). The van der Waals surface area contributed by atoms with Crippen LogP contribution in [0.25, 0.3) is 0 Å². The minimum absolute atomic E-state index is 0.0322. The minimum atomic E-state index is -1.41. The molecule has 2 aromatic rings. The van der Waals surface area contributed by atoms with Crippen molar-refractivity contribution in [2.45, 2.75) is 82.7 Å². The first-order valence-electron chi connectivity index (χ1n) is 21.2. The number of hydrogen-bond acceptors (Lipinski definition) is 10. The molecule has 334 valence electrons. The fraction of sp³-hybridized carbons (Fsp3) is 0.522. The molecule has 4 aliphatic heterocycles. The van der Waals surface area contributed by atoms with Crippen LogP contribution in [0.1, 0.15) is 40.0 Å². The Hall–Kier alpha value is -5.09. The third-order valence-electron chi connectivity index (χ3n) is 11.5. The van der Waals surface area contributed by atoms with Crippen molar-refractivity contribution in [2.75, 3.05) is 77.0 Å². The highest BCUT2D eigenvalue weighted by atomic mass is 28.3. The standard InChI is InChI=1S/C46H62N4O10Si2/c1-12-13-32(26-59-41-22-35-33(20-39(41)55-4)43(51)47-24-30(2)18-37(47)45(53)49(35)28-57-14-16-61(6,7)8)27-60-42-23-36-34(21-40(42)56-5)44(52)48-25-31(3)19-38(48)46(54)50(36)29-58-15-17-62(9,10)11/h1,20-23,32,37-38H,2-3,13-19,24-29H2,4-11H3. The number of anilines is 2. The number of amides is 4. The van der Waals surface area contributed by atoms with Gasteiger partial charge in [0.2, 0.25) is 0 Å². The van der Waals surface area contributed by atoms with Crippen molar-refractivity contribution < 1.29 is 47.6 Å². The molecule has 14 nitrogen and oxygen atoms in total. The zero-order valence-electron chi connectivity index (χ0n) is 37.6. The van der Waals surface area contributed by atoms with Crippen LogP contribution < -0.4 is 28.7 Å². The summed E-state index contributed by atoms with van der Waals surface area (Å²) in [7, 11) is 0.153. The Morgan fingerprint density at radius 2 is 1.08 bits per heavy atom. The number of nitrogens with zero attached hydrogens (tertiary/aromatic N) is 4. The quantitative estimate of drug-likeness (QED) is 0.0652. The monoisotopic (exact) mass is 886 g/mol. The largest absolute Gasteiger partial charge is 0.493 e. The Labute approximate surface area is 368 Å². The average molecular weight is 887 g/mol. The van der Waals surface area contributed by atoms with Crippen LogP contribution in [0.4, 0.5) is 11.4 Å². The molecule has 0 spiro atoms. The second kappa shape index (κ2) is 19.1. The highest BCUT2D eigenvalue weighted by Gasteiger charge is 2.45. The highest BCUT2D eigenvalue weighted by molar-refractivity contribution is 6.76. The van der Waals surface area contributed by atoms with Gasteiger partial charge in [0.1, 0.15) is 25.5 Å². The topological polar surface area (TPSA) is 137 Å². The number of ether oxygens (including phenoxy) is 6. The van der Waals surface area contributed by atoms with Gasteiger partial charge in [-0.2, -0.15) is 0 Å². The normalized spacial score (nSPS) is 19.4. The van der Waals surface area contributed by atoms with Crippen molar-refractivity contribution >= 4 is 51.2 Å². The Balaban J connectivity index is 1.25. The van der Waals surface area contributed by atoms with E-state index in [1.54, 1.807) is 34.1 Å². The third kappa shape index (κ3) is 10.4. The van der Waals surface area contributed by atoms with E-state index >= 15 is 0 Å². The molecule has 0 aromatic heterocycles. The molecule has 0 aliphatic carbocycles. The van der Waals surface area contributed by atoms with Gasteiger partial charge in [-0.1, -0.05) is 63.6 Å². The van der Waals surface area contributed by atoms with E-state index in [1.807, 2.05) is 0 Å². The predicted molar refractivity (Wildman–Crippen MR) is 244 cm³/mol. The van der Waals surface area contributed by atoms with E-state index in [2.05, 4.69) is 58.4 Å². The summed E-state index contributed by atoms with van der Waals surface area (Å²) in [5.74, 6) is 2.46. The van der Waals surface area contributed by atoms with Gasteiger partial charge in [0, 0.05) is 66.9 Å². The minimum Gasteiger partial charge on any atom is -0.493 e. The van der Waals surface area contributed by atoms with Crippen molar-refractivity contribution in [3.63, 3.8) is 0 Å². The summed E-state index contributed by atoms with van der Waals surface area (Å²) in [4.78, 5) is 62.5. The molecule has 2 atom stereocenters. The molecule has 2 aromatic carbocycles. The average Bonchev–Trinajstić information content (AvgIpc) is 3.78. The first kappa shape index (κ1) is 46.4. The van der Waals surface area contributed by atoms with Crippen LogP contribution in [0.3, 0.4) is 0 Å². The van der Waals surface area contributed by atoms with Crippen molar-refractivity contribution in [2.24, 2.45) is 5.92 Å². The number of benzene rings is 2. The molecule has 62 heavy (non-hydrogen) atoms. The van der Waals surface area contributed by atoms with E-state index in [9.17, 15) is 19.2 Å². The summed E-state index contributed by atoms with van der Waals surface area (Å²) in [6.45, 7) is 23.3. The molecule has 2 saturated heterocycles. The molecule has 0 radical (unpaired) electrons. The lowest BCUT2D eigenvalue weighted by molar-refractivity contribution is -0.123. The molecule has 2 fully saturated rings. The molecular formula is C46H62N4O10Si2. The number of rotatable bonds is 19. The number of fused-ring (bicyclic) bond motifs is 4. The number of hydrogen-bond donors (Lipinski definition) is 0. The SMILES string of the molecule is C#CCC(COc1cc2c(cc1OC)C(=O)N1CC(=C)CC1C(=O)N2COCC[Si](C)(C)C)COc1cc2c(cc1OC)C(=O)N1CC(=C)CC1C(=O)N2COCC[Si](C)(C)C. The van der Waals surface area contributed by atoms with E-state index in [0.717, 1.165) is 23.2 Å². The third-order valence-corrected chi connectivity index (χ3v) is 14.9. The van der Waals surface area contributed by atoms with E-state index in [-0.39, 0.29) is 75.7 Å². The fourth-order valence-corrected chi connectivity index (χ4v) is 9.40. The van der Waals surface area contributed by atoms with Gasteiger partial charge in [-0.15, -0.1) is 12.3 Å². The summed E-state index contributed by atoms with van der Waals surface area (Å²) in [5, 5.41) is 0. The predicted octanol–water partition coefficient (Wildman–Crippen LogP) is 6.66. The second-order valence-electron chi connectivity index (χ2n) is 19.0. The Morgan fingerprint density at radius 1 is 0.677 bits per heavy atom. The first-order valence-corrected chi connectivity index (χ1v) is 28.6. The maximum atomic E-state index is 14.1. The van der Waals surface area contributed by atoms with Crippen LogP contribution in [0, 0.1) is 18.3 Å². The first-order chi connectivity index (χ1) is 29.3. The summed E-state index contributed by atoms with van der Waals surface area (Å²) in [5.41, 5.74) is 2.95. The van der Waals surface area contributed by atoms with Crippen LogP contribution >= 0.6 is 0 Å². The molecule has 4 amide bonds. The second-order valence-corrected chi connectivity index (χ2v) is 30.2. The van der Waals surface area contributed by atoms with Crippen molar-refractivity contribution in [3.8, 4) is 35.3 Å². The Kier molecular flexibility index (Phi) is 14.3. The lowest BCUT2D eigenvalue weighted by atomic mass is 10.1. The number of methoxy groups -OCH3 is 2. The lowest BCUT2D eigenvalue weighted by Crippen LogP contribution is -2.45. The van der Waals surface area contributed by atoms with Gasteiger partial charge < -0.3 is 38.2 Å². The van der Waals surface area contributed by atoms with Gasteiger partial charge in [-0.3, -0.25) is 29.0 Å². The van der Waals surface area contributed by atoms with Crippen molar-refractivity contribution in [1.82, 2.24) is 9.80 Å². The lowest BCUT2D eigenvalue weighted by Gasteiger charge is -2.27. The van der Waals surface area contributed by atoms with Crippen molar-refractivity contribution in [3.05, 3.63) is 59.7 Å². The van der Waals surface area contributed by atoms with Crippen LogP contribution in [-0.4, -0.2) is 129 Å².